The van der Waals surface area contributed by atoms with Crippen LogP contribution in [0.4, 0.5) is 0 Å². The highest BCUT2D eigenvalue weighted by atomic mass is 79.9. The summed E-state index contributed by atoms with van der Waals surface area (Å²) in [7, 11) is 1.98. The van der Waals surface area contributed by atoms with Gasteiger partial charge in [0, 0.05) is 41.3 Å². The third kappa shape index (κ3) is 2.30. The van der Waals surface area contributed by atoms with Gasteiger partial charge in [-0.05, 0) is 27.4 Å². The molecule has 1 atom stereocenters. The van der Waals surface area contributed by atoms with E-state index in [0.29, 0.717) is 0 Å². The van der Waals surface area contributed by atoms with E-state index < -0.39 is 0 Å². The van der Waals surface area contributed by atoms with Crippen LogP contribution in [-0.4, -0.2) is 9.55 Å². The van der Waals surface area contributed by atoms with Gasteiger partial charge < -0.3 is 10.3 Å². The number of hydrogen-bond acceptors (Lipinski definition) is 3. The summed E-state index contributed by atoms with van der Waals surface area (Å²) in [6.07, 6.45) is 4.50. The van der Waals surface area contributed by atoms with Crippen molar-refractivity contribution in [2.45, 2.75) is 12.5 Å². The number of rotatable bonds is 3. The van der Waals surface area contributed by atoms with Crippen molar-refractivity contribution in [2.24, 2.45) is 12.8 Å². The highest BCUT2D eigenvalue weighted by Crippen LogP contribution is 2.29. The van der Waals surface area contributed by atoms with Gasteiger partial charge in [-0.25, -0.2) is 4.98 Å². The number of nitrogens with two attached hydrogens (primary N) is 1. The molecular formula is C10H12BrN3S. The van der Waals surface area contributed by atoms with Crippen LogP contribution in [0.5, 0.6) is 0 Å². The second-order valence-electron chi connectivity index (χ2n) is 3.40. The topological polar surface area (TPSA) is 43.8 Å². The summed E-state index contributed by atoms with van der Waals surface area (Å²) < 4.78 is 3.09. The Morgan fingerprint density at radius 1 is 1.67 bits per heavy atom. The van der Waals surface area contributed by atoms with Crippen LogP contribution < -0.4 is 5.73 Å². The molecule has 2 aromatic heterocycles. The van der Waals surface area contributed by atoms with Crippen LogP contribution >= 0.6 is 27.3 Å². The van der Waals surface area contributed by atoms with Gasteiger partial charge in [-0.2, -0.15) is 0 Å². The molecule has 0 bridgehead atoms. The number of nitrogens with zero attached hydrogens (tertiary/aromatic N) is 2. The summed E-state index contributed by atoms with van der Waals surface area (Å²) in [5, 5.41) is 2.04. The minimum atomic E-state index is 0.0143. The van der Waals surface area contributed by atoms with Crippen molar-refractivity contribution >= 4 is 27.3 Å². The molecule has 0 fully saturated rings. The second-order valence-corrected chi connectivity index (χ2v) is 5.20. The molecule has 80 valence electrons. The molecule has 5 heteroatoms. The Morgan fingerprint density at radius 2 is 2.47 bits per heavy atom. The Bertz CT molecular complexity index is 449. The zero-order valence-electron chi connectivity index (χ0n) is 8.35. The van der Waals surface area contributed by atoms with Gasteiger partial charge in [0.1, 0.15) is 5.82 Å². The van der Waals surface area contributed by atoms with Crippen molar-refractivity contribution in [1.82, 2.24) is 9.55 Å². The summed E-state index contributed by atoms with van der Waals surface area (Å²) >= 11 is 5.17. The Kier molecular flexibility index (Phi) is 3.23. The Hall–Kier alpha value is -0.650. The normalized spacial score (nSPS) is 13.0. The average molecular weight is 286 g/mol. The predicted molar refractivity (Wildman–Crippen MR) is 65.9 cm³/mol. The third-order valence-electron chi connectivity index (χ3n) is 2.30. The Labute approximate surface area is 101 Å². The smallest absolute Gasteiger partial charge is 0.110 e. The van der Waals surface area contributed by atoms with Crippen molar-refractivity contribution in [2.75, 3.05) is 0 Å². The lowest BCUT2D eigenvalue weighted by Crippen LogP contribution is -2.14. The zero-order chi connectivity index (χ0) is 10.8. The average Bonchev–Trinajstić information content (AvgIpc) is 2.76. The molecule has 0 amide bonds. The molecular weight excluding hydrogens is 274 g/mol. The fourth-order valence-corrected chi connectivity index (χ4v) is 3.12. The van der Waals surface area contributed by atoms with Crippen molar-refractivity contribution in [1.29, 1.82) is 0 Å². The van der Waals surface area contributed by atoms with E-state index in [1.165, 1.54) is 4.88 Å². The lowest BCUT2D eigenvalue weighted by Gasteiger charge is -2.10. The Balaban J connectivity index is 2.14. The molecule has 2 rings (SSSR count). The number of aryl methyl sites for hydroxylation is 1. The second kappa shape index (κ2) is 4.47. The van der Waals surface area contributed by atoms with E-state index >= 15 is 0 Å². The van der Waals surface area contributed by atoms with E-state index in [4.69, 9.17) is 5.73 Å². The van der Waals surface area contributed by atoms with E-state index in [0.717, 1.165) is 16.7 Å². The summed E-state index contributed by atoms with van der Waals surface area (Å²) in [6, 6.07) is 2.04. The first kappa shape index (κ1) is 10.9. The van der Waals surface area contributed by atoms with Crippen LogP contribution in [0.1, 0.15) is 16.7 Å². The van der Waals surface area contributed by atoms with Crippen molar-refractivity contribution in [3.8, 4) is 0 Å². The van der Waals surface area contributed by atoms with E-state index in [9.17, 15) is 0 Å². The molecule has 15 heavy (non-hydrogen) atoms. The standard InChI is InChI=1S/C10H12BrN3S/c1-14-4-3-13-9(14)6-8(12)10-7(11)2-5-15-10/h2-5,8H,6,12H2,1H3. The number of aromatic nitrogens is 2. The van der Waals surface area contributed by atoms with E-state index in [1.54, 1.807) is 17.5 Å². The van der Waals surface area contributed by atoms with Gasteiger partial charge in [0.2, 0.25) is 0 Å². The van der Waals surface area contributed by atoms with Crippen LogP contribution in [0.15, 0.2) is 28.3 Å². The fourth-order valence-electron chi connectivity index (χ4n) is 1.45. The molecule has 3 nitrogen and oxygen atoms in total. The van der Waals surface area contributed by atoms with Crippen molar-refractivity contribution in [3.05, 3.63) is 39.0 Å². The highest BCUT2D eigenvalue weighted by molar-refractivity contribution is 9.10. The third-order valence-corrected chi connectivity index (χ3v) is 4.31. The van der Waals surface area contributed by atoms with E-state index in [2.05, 4.69) is 20.9 Å². The van der Waals surface area contributed by atoms with Crippen LogP contribution in [0.25, 0.3) is 0 Å². The molecule has 0 spiro atoms. The molecule has 0 aliphatic rings. The summed E-state index contributed by atoms with van der Waals surface area (Å²) in [5.74, 6) is 1.02. The SMILES string of the molecule is Cn1ccnc1CC(N)c1sccc1Br. The monoisotopic (exact) mass is 285 g/mol. The minimum absolute atomic E-state index is 0.0143. The van der Waals surface area contributed by atoms with Gasteiger partial charge >= 0.3 is 0 Å². The minimum Gasteiger partial charge on any atom is -0.338 e. The number of hydrogen-bond donors (Lipinski definition) is 1. The van der Waals surface area contributed by atoms with Crippen LogP contribution in [0, 0.1) is 0 Å². The van der Waals surface area contributed by atoms with Gasteiger partial charge in [-0.1, -0.05) is 0 Å². The zero-order valence-corrected chi connectivity index (χ0v) is 10.8. The van der Waals surface area contributed by atoms with Gasteiger partial charge in [0.25, 0.3) is 0 Å². The molecule has 0 saturated heterocycles. The first-order valence-electron chi connectivity index (χ1n) is 4.63. The largest absolute Gasteiger partial charge is 0.338 e. The molecule has 2 heterocycles. The molecule has 0 radical (unpaired) electrons. The maximum absolute atomic E-state index is 6.13. The lowest BCUT2D eigenvalue weighted by molar-refractivity contribution is 0.667. The first-order valence-corrected chi connectivity index (χ1v) is 6.30. The summed E-state index contributed by atoms with van der Waals surface area (Å²) in [5.41, 5.74) is 6.13. The molecule has 1 unspecified atom stereocenters. The molecule has 2 aromatic rings. The van der Waals surface area contributed by atoms with Crippen molar-refractivity contribution in [3.63, 3.8) is 0 Å². The number of imidazole rings is 1. The van der Waals surface area contributed by atoms with Gasteiger partial charge in [0.05, 0.1) is 0 Å². The molecule has 0 aliphatic heterocycles. The number of thiophene rings is 1. The van der Waals surface area contributed by atoms with Gasteiger partial charge in [-0.15, -0.1) is 11.3 Å². The summed E-state index contributed by atoms with van der Waals surface area (Å²) in [6.45, 7) is 0. The van der Waals surface area contributed by atoms with Crippen molar-refractivity contribution < 1.29 is 0 Å². The lowest BCUT2D eigenvalue weighted by atomic mass is 10.2. The van der Waals surface area contributed by atoms with Crippen LogP contribution in [0.2, 0.25) is 0 Å². The maximum atomic E-state index is 6.13. The Morgan fingerprint density at radius 3 is 3.00 bits per heavy atom. The molecule has 0 aromatic carbocycles. The van der Waals surface area contributed by atoms with E-state index in [1.807, 2.05) is 29.3 Å². The first-order chi connectivity index (χ1) is 7.18. The van der Waals surface area contributed by atoms with Crippen LogP contribution in [0.3, 0.4) is 0 Å². The van der Waals surface area contributed by atoms with E-state index in [-0.39, 0.29) is 6.04 Å². The van der Waals surface area contributed by atoms with Gasteiger partial charge in [-0.3, -0.25) is 0 Å². The maximum Gasteiger partial charge on any atom is 0.110 e. The predicted octanol–water partition coefficient (Wildman–Crippen LogP) is 2.49. The van der Waals surface area contributed by atoms with Gasteiger partial charge in [0.15, 0.2) is 0 Å². The quantitative estimate of drug-likeness (QED) is 0.942. The number of halogens is 1. The van der Waals surface area contributed by atoms with Crippen LogP contribution in [-0.2, 0) is 13.5 Å². The molecule has 0 aliphatic carbocycles. The summed E-state index contributed by atoms with van der Waals surface area (Å²) in [4.78, 5) is 5.45. The fraction of sp³-hybridized carbons (Fsp3) is 0.300. The highest BCUT2D eigenvalue weighted by Gasteiger charge is 2.13. The molecule has 0 saturated carbocycles. The molecule has 2 N–H and O–H groups in total.